The van der Waals surface area contributed by atoms with Crippen LogP contribution in [-0.4, -0.2) is 41.2 Å². The second-order valence-electron chi connectivity index (χ2n) is 5.68. The van der Waals surface area contributed by atoms with Gasteiger partial charge in [-0.25, -0.2) is 4.31 Å². The number of likely N-dealkylation sites (N-methyl/N-ethyl adjacent to an activating group) is 1. The average molecular weight is 438 g/mol. The van der Waals surface area contributed by atoms with Crippen molar-refractivity contribution in [3.8, 4) is 0 Å². The van der Waals surface area contributed by atoms with Crippen LogP contribution in [0.3, 0.4) is 0 Å². The number of carbonyl (C=O) groups excluding carboxylic acids is 1. The minimum Gasteiger partial charge on any atom is -0.321 e. The second kappa shape index (κ2) is 6.69. The van der Waals surface area contributed by atoms with Gasteiger partial charge >= 0.3 is 10.2 Å². The van der Waals surface area contributed by atoms with Gasteiger partial charge in [0.15, 0.2) is 0 Å². The standard InChI is InChI=1S/C16H16BrN5O3S/c1-10-13(9-18-21(10)2)14-8-15(22(3)26(24,25)20-14)16(23)19-12-6-4-11(17)5-7-12/h4-9H,1-3H3,(H,19,23). The molecule has 136 valence electrons. The molecule has 1 aliphatic rings. The summed E-state index contributed by atoms with van der Waals surface area (Å²) >= 11 is 3.32. The first-order chi connectivity index (χ1) is 12.2. The molecule has 0 radical (unpaired) electrons. The quantitative estimate of drug-likeness (QED) is 0.793. The number of anilines is 1. The molecule has 10 heteroatoms. The second-order valence-corrected chi connectivity index (χ2v) is 8.22. The summed E-state index contributed by atoms with van der Waals surface area (Å²) in [6.45, 7) is 1.80. The molecule has 0 bridgehead atoms. The fourth-order valence-electron chi connectivity index (χ4n) is 2.37. The Morgan fingerprint density at radius 2 is 1.85 bits per heavy atom. The smallest absolute Gasteiger partial charge is 0.321 e. The van der Waals surface area contributed by atoms with E-state index >= 15 is 0 Å². The third-order valence-corrected chi connectivity index (χ3v) is 5.86. The van der Waals surface area contributed by atoms with Gasteiger partial charge in [0.2, 0.25) is 0 Å². The van der Waals surface area contributed by atoms with Crippen molar-refractivity contribution in [2.24, 2.45) is 11.4 Å². The topological polar surface area (TPSA) is 96.7 Å². The maximum Gasteiger partial charge on any atom is 0.345 e. The third-order valence-electron chi connectivity index (χ3n) is 4.02. The monoisotopic (exact) mass is 437 g/mol. The zero-order valence-corrected chi connectivity index (χ0v) is 16.7. The molecule has 0 fully saturated rings. The van der Waals surface area contributed by atoms with Crippen LogP contribution < -0.4 is 5.32 Å². The number of hydrogen-bond donors (Lipinski definition) is 1. The number of carbonyl (C=O) groups is 1. The average Bonchev–Trinajstić information content (AvgIpc) is 2.91. The molecule has 2 heterocycles. The Bertz CT molecular complexity index is 1040. The Kier molecular flexibility index (Phi) is 4.72. The van der Waals surface area contributed by atoms with Crippen LogP contribution in [0.5, 0.6) is 0 Å². The molecule has 0 saturated heterocycles. The maximum absolute atomic E-state index is 12.6. The number of rotatable bonds is 3. The van der Waals surface area contributed by atoms with Crippen molar-refractivity contribution in [1.82, 2.24) is 14.1 Å². The molecule has 0 unspecified atom stereocenters. The van der Waals surface area contributed by atoms with Crippen LogP contribution in [0.1, 0.15) is 11.3 Å². The molecule has 26 heavy (non-hydrogen) atoms. The summed E-state index contributed by atoms with van der Waals surface area (Å²) in [4.78, 5) is 12.6. The summed E-state index contributed by atoms with van der Waals surface area (Å²) in [5.74, 6) is -0.549. The van der Waals surface area contributed by atoms with Crippen LogP contribution in [0.2, 0.25) is 0 Å². The predicted molar refractivity (Wildman–Crippen MR) is 102 cm³/mol. The summed E-state index contributed by atoms with van der Waals surface area (Å²) in [6, 6.07) is 6.97. The van der Waals surface area contributed by atoms with E-state index in [-0.39, 0.29) is 11.4 Å². The summed E-state index contributed by atoms with van der Waals surface area (Å²) in [7, 11) is -0.978. The van der Waals surface area contributed by atoms with Crippen LogP contribution in [0.4, 0.5) is 5.69 Å². The van der Waals surface area contributed by atoms with E-state index in [2.05, 4.69) is 30.7 Å². The van der Waals surface area contributed by atoms with Crippen molar-refractivity contribution < 1.29 is 13.2 Å². The lowest BCUT2D eigenvalue weighted by Crippen LogP contribution is -2.35. The number of hydrogen-bond acceptors (Lipinski definition) is 4. The number of aromatic nitrogens is 2. The van der Waals surface area contributed by atoms with Gasteiger partial charge in [-0.3, -0.25) is 9.48 Å². The molecule has 2 aromatic rings. The molecule has 1 aromatic carbocycles. The minimum absolute atomic E-state index is 0.0267. The summed E-state index contributed by atoms with van der Waals surface area (Å²) in [5.41, 5.74) is 1.99. The fraction of sp³-hybridized carbons (Fsp3) is 0.188. The van der Waals surface area contributed by atoms with E-state index in [0.29, 0.717) is 11.3 Å². The van der Waals surface area contributed by atoms with Crippen LogP contribution >= 0.6 is 15.9 Å². The number of halogens is 1. The molecular weight excluding hydrogens is 422 g/mol. The van der Waals surface area contributed by atoms with Crippen molar-refractivity contribution in [2.45, 2.75) is 6.92 Å². The van der Waals surface area contributed by atoms with Gasteiger partial charge < -0.3 is 5.32 Å². The highest BCUT2D eigenvalue weighted by Gasteiger charge is 2.30. The highest BCUT2D eigenvalue weighted by molar-refractivity contribution is 9.10. The summed E-state index contributed by atoms with van der Waals surface area (Å²) < 4.78 is 31.9. The van der Waals surface area contributed by atoms with E-state index in [1.165, 1.54) is 19.3 Å². The molecule has 0 atom stereocenters. The third kappa shape index (κ3) is 3.42. The molecule has 0 saturated carbocycles. The van der Waals surface area contributed by atoms with Gasteiger partial charge in [-0.1, -0.05) is 15.9 Å². The van der Waals surface area contributed by atoms with E-state index < -0.39 is 16.1 Å². The number of aryl methyl sites for hydroxylation is 1. The zero-order valence-electron chi connectivity index (χ0n) is 14.3. The summed E-state index contributed by atoms with van der Waals surface area (Å²) in [6.07, 6.45) is 2.97. The molecule has 3 rings (SSSR count). The predicted octanol–water partition coefficient (Wildman–Crippen LogP) is 1.99. The van der Waals surface area contributed by atoms with Gasteiger partial charge in [-0.2, -0.15) is 13.5 Å². The van der Waals surface area contributed by atoms with Gasteiger partial charge in [0.25, 0.3) is 5.91 Å². The molecule has 1 aliphatic heterocycles. The van der Waals surface area contributed by atoms with Gasteiger partial charge in [-0.05, 0) is 37.3 Å². The summed E-state index contributed by atoms with van der Waals surface area (Å²) in [5, 5.41) is 6.79. The fourth-order valence-corrected chi connectivity index (χ4v) is 3.54. The number of allylic oxidation sites excluding steroid dienone is 1. The Balaban J connectivity index is 1.99. The van der Waals surface area contributed by atoms with E-state index in [9.17, 15) is 13.2 Å². The molecule has 0 aliphatic carbocycles. The lowest BCUT2D eigenvalue weighted by Gasteiger charge is -2.23. The first-order valence-corrected chi connectivity index (χ1v) is 9.74. The van der Waals surface area contributed by atoms with Crippen molar-refractivity contribution >= 4 is 43.4 Å². The molecule has 1 aromatic heterocycles. The maximum atomic E-state index is 12.6. The van der Waals surface area contributed by atoms with Gasteiger partial charge in [0.1, 0.15) is 5.70 Å². The van der Waals surface area contributed by atoms with Crippen LogP contribution in [-0.2, 0) is 22.1 Å². The Labute approximate surface area is 159 Å². The number of amides is 1. The van der Waals surface area contributed by atoms with Crippen molar-refractivity contribution in [1.29, 1.82) is 0 Å². The normalized spacial score (nSPS) is 16.1. The van der Waals surface area contributed by atoms with Crippen molar-refractivity contribution in [3.63, 3.8) is 0 Å². The van der Waals surface area contributed by atoms with E-state index in [1.54, 1.807) is 42.9 Å². The first-order valence-electron chi connectivity index (χ1n) is 7.55. The Morgan fingerprint density at radius 3 is 2.42 bits per heavy atom. The molecular formula is C16H16BrN5O3S. The minimum atomic E-state index is -4.01. The zero-order chi connectivity index (χ0) is 19.1. The van der Waals surface area contributed by atoms with Crippen LogP contribution in [0.15, 0.2) is 51.1 Å². The molecule has 8 nitrogen and oxygen atoms in total. The Morgan fingerprint density at radius 1 is 1.19 bits per heavy atom. The van der Waals surface area contributed by atoms with Crippen LogP contribution in [0.25, 0.3) is 0 Å². The van der Waals surface area contributed by atoms with E-state index in [0.717, 1.165) is 14.5 Å². The molecule has 1 N–H and O–H groups in total. The number of nitrogens with one attached hydrogen (secondary N) is 1. The first kappa shape index (κ1) is 18.3. The number of benzene rings is 1. The largest absolute Gasteiger partial charge is 0.345 e. The highest BCUT2D eigenvalue weighted by atomic mass is 79.9. The van der Waals surface area contributed by atoms with Crippen molar-refractivity contribution in [3.05, 3.63) is 58.0 Å². The SMILES string of the molecule is Cc1c(C2=NS(=O)(=O)N(C)C(C(=O)Nc3ccc(Br)cc3)=C2)cnn1C. The van der Waals surface area contributed by atoms with E-state index in [1.807, 2.05) is 0 Å². The molecule has 0 spiro atoms. The van der Waals surface area contributed by atoms with E-state index in [4.69, 9.17) is 0 Å². The Hall–Kier alpha value is -2.46. The molecule has 1 amide bonds. The lowest BCUT2D eigenvalue weighted by molar-refractivity contribution is -0.113. The van der Waals surface area contributed by atoms with Gasteiger partial charge in [0.05, 0.1) is 11.9 Å². The lowest BCUT2D eigenvalue weighted by atomic mass is 10.1. The number of nitrogens with zero attached hydrogens (tertiary/aromatic N) is 4. The van der Waals surface area contributed by atoms with Gasteiger partial charge in [-0.15, -0.1) is 4.40 Å². The van der Waals surface area contributed by atoms with Crippen molar-refractivity contribution in [2.75, 3.05) is 12.4 Å². The highest BCUT2D eigenvalue weighted by Crippen LogP contribution is 2.22. The van der Waals surface area contributed by atoms with Crippen LogP contribution in [0, 0.1) is 6.92 Å². The van der Waals surface area contributed by atoms with Gasteiger partial charge in [0, 0.05) is 35.5 Å².